The molecule has 1 atom stereocenters. The molecular weight excluding hydrogens is 293 g/mol. The molecule has 6 nitrogen and oxygen atoms in total. The number of amides is 1. The van der Waals surface area contributed by atoms with Crippen molar-refractivity contribution in [2.45, 2.75) is 19.4 Å². The third-order valence-corrected chi connectivity index (χ3v) is 2.71. The summed E-state index contributed by atoms with van der Waals surface area (Å²) in [6.45, 7) is 2.13. The highest BCUT2D eigenvalue weighted by atomic mass is 35.5. The molecule has 0 heterocycles. The van der Waals surface area contributed by atoms with Gasteiger partial charge in [-0.2, -0.15) is 0 Å². The Bertz CT molecular complexity index is 468. The number of nitrogens with one attached hydrogen (secondary N) is 1. The second-order valence-electron chi connectivity index (χ2n) is 3.91. The van der Waals surface area contributed by atoms with Gasteiger partial charge in [0.05, 0.1) is 16.4 Å². The number of hydrogen-bond donors (Lipinski definition) is 2. The quantitative estimate of drug-likeness (QED) is 0.638. The van der Waals surface area contributed by atoms with Crippen molar-refractivity contribution in [3.63, 3.8) is 0 Å². The van der Waals surface area contributed by atoms with Gasteiger partial charge in [-0.05, 0) is 12.5 Å². The van der Waals surface area contributed by atoms with Gasteiger partial charge in [0.1, 0.15) is 0 Å². The van der Waals surface area contributed by atoms with Crippen molar-refractivity contribution in [1.29, 1.82) is 0 Å². The van der Waals surface area contributed by atoms with Gasteiger partial charge in [0.2, 0.25) is 5.91 Å². The molecule has 0 fully saturated rings. The van der Waals surface area contributed by atoms with Crippen LogP contribution in [0.15, 0.2) is 18.2 Å². The molecule has 0 spiro atoms. The molecule has 0 aliphatic rings. The fourth-order valence-electron chi connectivity index (χ4n) is 1.35. The molecule has 3 N–H and O–H groups in total. The zero-order valence-corrected chi connectivity index (χ0v) is 11.8. The highest BCUT2D eigenvalue weighted by molar-refractivity contribution is 6.31. The van der Waals surface area contributed by atoms with Crippen molar-refractivity contribution >= 4 is 35.6 Å². The van der Waals surface area contributed by atoms with Gasteiger partial charge in [0.25, 0.3) is 5.69 Å². The van der Waals surface area contributed by atoms with Gasteiger partial charge in [0, 0.05) is 24.7 Å². The minimum atomic E-state index is -0.535. The minimum Gasteiger partial charge on any atom is -0.352 e. The number of carbonyl (C=O) groups is 1. The first-order valence-corrected chi connectivity index (χ1v) is 5.74. The number of halogens is 2. The number of nitrogens with zero attached hydrogens (tertiary/aromatic N) is 1. The molecule has 0 radical (unpaired) electrons. The smallest absolute Gasteiger partial charge is 0.270 e. The standard InChI is InChI=1S/C11H14ClN3O3.ClH/c1-7(6-13)14-11(16)4-8-2-3-9(15(17)18)5-10(8)12;/h2-3,5,7H,4,6,13H2,1H3,(H,14,16);1H/t7-;/m0./s1. The number of non-ortho nitro benzene ring substituents is 1. The van der Waals surface area contributed by atoms with E-state index in [1.807, 2.05) is 0 Å². The Morgan fingerprint density at radius 1 is 1.58 bits per heavy atom. The molecule has 0 aromatic heterocycles. The van der Waals surface area contributed by atoms with Crippen molar-refractivity contribution in [2.24, 2.45) is 5.73 Å². The molecule has 0 aliphatic heterocycles. The normalized spacial score (nSPS) is 11.3. The molecule has 1 amide bonds. The van der Waals surface area contributed by atoms with E-state index in [2.05, 4.69) is 5.32 Å². The van der Waals surface area contributed by atoms with Crippen molar-refractivity contribution < 1.29 is 9.72 Å². The summed E-state index contributed by atoms with van der Waals surface area (Å²) in [5.41, 5.74) is 5.83. The lowest BCUT2D eigenvalue weighted by Gasteiger charge is -2.11. The fraction of sp³-hybridized carbons (Fsp3) is 0.364. The molecule has 1 aromatic carbocycles. The first-order valence-electron chi connectivity index (χ1n) is 5.36. The molecule has 1 aromatic rings. The first-order chi connectivity index (χ1) is 8.43. The summed E-state index contributed by atoms with van der Waals surface area (Å²) in [6.07, 6.45) is 0.0706. The number of benzene rings is 1. The van der Waals surface area contributed by atoms with E-state index < -0.39 is 4.92 Å². The Labute approximate surface area is 121 Å². The van der Waals surface area contributed by atoms with E-state index >= 15 is 0 Å². The summed E-state index contributed by atoms with van der Waals surface area (Å²) in [4.78, 5) is 21.6. The van der Waals surface area contributed by atoms with Gasteiger partial charge in [-0.25, -0.2) is 0 Å². The highest BCUT2D eigenvalue weighted by Gasteiger charge is 2.13. The Morgan fingerprint density at radius 3 is 2.68 bits per heavy atom. The Hall–Kier alpha value is -1.37. The van der Waals surface area contributed by atoms with E-state index in [1.54, 1.807) is 6.92 Å². The maximum Gasteiger partial charge on any atom is 0.270 e. The van der Waals surface area contributed by atoms with E-state index in [-0.39, 0.29) is 41.5 Å². The van der Waals surface area contributed by atoms with E-state index in [0.717, 1.165) is 0 Å². The summed E-state index contributed by atoms with van der Waals surface area (Å²) >= 11 is 5.88. The molecule has 0 saturated carbocycles. The summed E-state index contributed by atoms with van der Waals surface area (Å²) < 4.78 is 0. The number of carbonyl (C=O) groups excluding carboxylic acids is 1. The van der Waals surface area contributed by atoms with Crippen molar-refractivity contribution in [3.8, 4) is 0 Å². The molecule has 0 unspecified atom stereocenters. The Morgan fingerprint density at radius 2 is 2.21 bits per heavy atom. The topological polar surface area (TPSA) is 98.3 Å². The van der Waals surface area contributed by atoms with Crippen LogP contribution in [0.1, 0.15) is 12.5 Å². The van der Waals surface area contributed by atoms with Crippen molar-refractivity contribution in [3.05, 3.63) is 38.9 Å². The van der Waals surface area contributed by atoms with Crippen LogP contribution in [-0.2, 0) is 11.2 Å². The zero-order chi connectivity index (χ0) is 13.7. The Balaban J connectivity index is 0.00000324. The lowest BCUT2D eigenvalue weighted by Crippen LogP contribution is -2.38. The number of hydrogen-bond acceptors (Lipinski definition) is 4. The van der Waals surface area contributed by atoms with Crippen LogP contribution in [0, 0.1) is 10.1 Å². The number of rotatable bonds is 5. The third kappa shape index (κ3) is 5.42. The van der Waals surface area contributed by atoms with Crippen LogP contribution in [0.2, 0.25) is 5.02 Å². The van der Waals surface area contributed by atoms with Crippen LogP contribution in [0.25, 0.3) is 0 Å². The van der Waals surface area contributed by atoms with Crippen LogP contribution in [0.4, 0.5) is 5.69 Å². The summed E-state index contributed by atoms with van der Waals surface area (Å²) in [6, 6.07) is 3.92. The maximum atomic E-state index is 11.6. The average Bonchev–Trinajstić information content (AvgIpc) is 2.31. The largest absolute Gasteiger partial charge is 0.352 e. The highest BCUT2D eigenvalue weighted by Crippen LogP contribution is 2.22. The van der Waals surface area contributed by atoms with Crippen LogP contribution in [-0.4, -0.2) is 23.4 Å². The Kier molecular flexibility index (Phi) is 7.36. The summed E-state index contributed by atoms with van der Waals surface area (Å²) in [5, 5.41) is 13.4. The van der Waals surface area contributed by atoms with Crippen LogP contribution in [0.5, 0.6) is 0 Å². The number of nitro groups is 1. The van der Waals surface area contributed by atoms with Gasteiger partial charge in [0.15, 0.2) is 0 Å². The molecule has 0 saturated heterocycles. The minimum absolute atomic E-state index is 0. The molecule has 0 aliphatic carbocycles. The second kappa shape index (κ2) is 7.93. The molecule has 19 heavy (non-hydrogen) atoms. The van der Waals surface area contributed by atoms with Crippen molar-refractivity contribution in [2.75, 3.05) is 6.54 Å². The van der Waals surface area contributed by atoms with Crippen LogP contribution < -0.4 is 11.1 Å². The lowest BCUT2D eigenvalue weighted by molar-refractivity contribution is -0.384. The molecular formula is C11H15Cl2N3O3. The van der Waals surface area contributed by atoms with Gasteiger partial charge in [-0.1, -0.05) is 17.7 Å². The SMILES string of the molecule is C[C@@H](CN)NC(=O)Cc1ccc([N+](=O)[O-])cc1Cl.Cl. The van der Waals surface area contributed by atoms with Crippen LogP contribution >= 0.6 is 24.0 Å². The van der Waals surface area contributed by atoms with Crippen molar-refractivity contribution in [1.82, 2.24) is 5.32 Å². The van der Waals surface area contributed by atoms with Gasteiger partial charge in [-0.3, -0.25) is 14.9 Å². The van der Waals surface area contributed by atoms with E-state index in [1.165, 1.54) is 18.2 Å². The monoisotopic (exact) mass is 307 g/mol. The van der Waals surface area contributed by atoms with Gasteiger partial charge < -0.3 is 11.1 Å². The third-order valence-electron chi connectivity index (χ3n) is 2.36. The number of nitro benzene ring substituents is 1. The summed E-state index contributed by atoms with van der Waals surface area (Å²) in [5.74, 6) is -0.219. The molecule has 8 heteroatoms. The van der Waals surface area contributed by atoms with E-state index in [9.17, 15) is 14.9 Å². The predicted molar refractivity (Wildman–Crippen MR) is 75.7 cm³/mol. The first kappa shape index (κ1) is 17.6. The molecule has 106 valence electrons. The van der Waals surface area contributed by atoms with Gasteiger partial charge in [-0.15, -0.1) is 12.4 Å². The molecule has 1 rings (SSSR count). The lowest BCUT2D eigenvalue weighted by atomic mass is 10.1. The summed E-state index contributed by atoms with van der Waals surface area (Å²) in [7, 11) is 0. The van der Waals surface area contributed by atoms with Crippen LogP contribution in [0.3, 0.4) is 0 Å². The average molecular weight is 308 g/mol. The second-order valence-corrected chi connectivity index (χ2v) is 4.32. The van der Waals surface area contributed by atoms with E-state index in [4.69, 9.17) is 17.3 Å². The predicted octanol–water partition coefficient (Wildman–Crippen LogP) is 1.68. The van der Waals surface area contributed by atoms with E-state index in [0.29, 0.717) is 12.1 Å². The fourth-order valence-corrected chi connectivity index (χ4v) is 1.59. The van der Waals surface area contributed by atoms with Gasteiger partial charge >= 0.3 is 0 Å². The number of nitrogens with two attached hydrogens (primary N) is 1. The zero-order valence-electron chi connectivity index (χ0n) is 10.3. The molecule has 0 bridgehead atoms. The maximum absolute atomic E-state index is 11.6.